The molecule has 0 aliphatic carbocycles. The zero-order valence-corrected chi connectivity index (χ0v) is 28.7. The van der Waals surface area contributed by atoms with E-state index in [0.29, 0.717) is 29.4 Å². The van der Waals surface area contributed by atoms with Gasteiger partial charge in [0.2, 0.25) is 0 Å². The molecule has 9 nitrogen and oxygen atoms in total. The summed E-state index contributed by atoms with van der Waals surface area (Å²) in [4.78, 5) is 17.8. The third-order valence-corrected chi connectivity index (χ3v) is 10.3. The van der Waals surface area contributed by atoms with Crippen molar-refractivity contribution in [3.63, 3.8) is 0 Å². The van der Waals surface area contributed by atoms with Gasteiger partial charge < -0.3 is 9.84 Å². The van der Waals surface area contributed by atoms with E-state index in [4.69, 9.17) is 9.95 Å². The molecule has 0 atom stereocenters. The largest absolute Gasteiger partial charge is 0.477 e. The number of aromatic nitrogens is 6. The third-order valence-electron chi connectivity index (χ3n) is 9.25. The number of aryl methyl sites for hydroxylation is 1. The Kier molecular flexibility index (Phi) is 8.21. The number of hydrogen-bond donors (Lipinski definition) is 1. The van der Waals surface area contributed by atoms with Gasteiger partial charge in [-0.2, -0.15) is 4.98 Å². The molecule has 0 saturated heterocycles. The smallest absolute Gasteiger partial charge is 0.348 e. The van der Waals surface area contributed by atoms with Crippen molar-refractivity contribution in [2.75, 3.05) is 7.11 Å². The summed E-state index contributed by atoms with van der Waals surface area (Å²) in [5, 5.41) is 23.6. The van der Waals surface area contributed by atoms with E-state index in [1.165, 1.54) is 11.3 Å². The molecule has 0 unspecified atom stereocenters. The molecule has 3 heterocycles. The summed E-state index contributed by atoms with van der Waals surface area (Å²) in [5.41, 5.74) is 7.19. The molecular formula is C41H32N6O3S. The second-order valence-corrected chi connectivity index (χ2v) is 13.4. The number of rotatable bonds is 10. The van der Waals surface area contributed by atoms with Gasteiger partial charge in [0.25, 0.3) is 6.01 Å². The lowest BCUT2D eigenvalue weighted by molar-refractivity contribution is 0.0703. The molecule has 51 heavy (non-hydrogen) atoms. The highest BCUT2D eigenvalue weighted by Crippen LogP contribution is 2.43. The fourth-order valence-electron chi connectivity index (χ4n) is 6.99. The molecule has 0 radical (unpaired) electrons. The number of tetrazole rings is 1. The Morgan fingerprint density at radius 2 is 1.31 bits per heavy atom. The molecular weight excluding hydrogens is 657 g/mol. The third kappa shape index (κ3) is 5.37. The maximum atomic E-state index is 12.1. The van der Waals surface area contributed by atoms with Crippen molar-refractivity contribution >= 4 is 28.3 Å². The van der Waals surface area contributed by atoms with Crippen LogP contribution in [0.15, 0.2) is 140 Å². The first-order valence-corrected chi connectivity index (χ1v) is 17.2. The molecule has 3 aromatic heterocycles. The van der Waals surface area contributed by atoms with E-state index in [0.717, 1.165) is 43.8 Å². The number of methoxy groups -OCH3 is 1. The molecule has 0 amide bonds. The first-order chi connectivity index (χ1) is 25.0. The fourth-order valence-corrected chi connectivity index (χ4v) is 7.93. The van der Waals surface area contributed by atoms with Gasteiger partial charge in [-0.05, 0) is 50.7 Å². The summed E-state index contributed by atoms with van der Waals surface area (Å²) in [6.45, 7) is 2.27. The molecule has 0 bridgehead atoms. The monoisotopic (exact) mass is 688 g/mol. The Bertz CT molecular complexity index is 2380. The van der Waals surface area contributed by atoms with Crippen LogP contribution in [-0.4, -0.2) is 47.9 Å². The molecule has 250 valence electrons. The Labute approximate surface area is 298 Å². The molecule has 0 saturated carbocycles. The Hall–Kier alpha value is -6.39. The van der Waals surface area contributed by atoms with Crippen LogP contribution in [0.25, 0.3) is 33.5 Å². The molecule has 0 spiro atoms. The zero-order chi connectivity index (χ0) is 35.0. The van der Waals surface area contributed by atoms with Crippen LogP contribution in [0.3, 0.4) is 0 Å². The molecule has 8 aromatic rings. The van der Waals surface area contributed by atoms with Crippen molar-refractivity contribution in [3.8, 4) is 28.5 Å². The first-order valence-electron chi connectivity index (χ1n) is 16.4. The topological polar surface area (TPSA) is 108 Å². The van der Waals surface area contributed by atoms with Gasteiger partial charge >= 0.3 is 5.97 Å². The van der Waals surface area contributed by atoms with Crippen LogP contribution >= 0.6 is 11.3 Å². The van der Waals surface area contributed by atoms with Gasteiger partial charge in [-0.3, -0.25) is 4.57 Å². The molecule has 0 aliphatic heterocycles. The summed E-state index contributed by atoms with van der Waals surface area (Å²) in [6, 6.07) is 47.8. The maximum Gasteiger partial charge on any atom is 0.348 e. The molecule has 1 N–H and O–H groups in total. The Morgan fingerprint density at radius 3 is 1.86 bits per heavy atom. The van der Waals surface area contributed by atoms with E-state index >= 15 is 0 Å². The fraction of sp³-hybridized carbons (Fsp3) is 0.0976. The van der Waals surface area contributed by atoms with Gasteiger partial charge in [0.15, 0.2) is 5.82 Å². The first kappa shape index (κ1) is 31.9. The van der Waals surface area contributed by atoms with E-state index < -0.39 is 11.5 Å². The van der Waals surface area contributed by atoms with Crippen molar-refractivity contribution in [2.45, 2.75) is 19.0 Å². The van der Waals surface area contributed by atoms with Gasteiger partial charge in [-0.15, -0.1) is 16.4 Å². The summed E-state index contributed by atoms with van der Waals surface area (Å²) < 4.78 is 9.35. The Morgan fingerprint density at radius 1 is 0.765 bits per heavy atom. The highest BCUT2D eigenvalue weighted by molar-refractivity contribution is 7.15. The lowest BCUT2D eigenvalue weighted by Gasteiger charge is -2.36. The number of carboxylic acid groups (broad SMARTS) is 1. The predicted molar refractivity (Wildman–Crippen MR) is 198 cm³/mol. The van der Waals surface area contributed by atoms with E-state index in [9.17, 15) is 9.90 Å². The number of thiophene rings is 1. The van der Waals surface area contributed by atoms with Gasteiger partial charge in [0, 0.05) is 10.4 Å². The lowest BCUT2D eigenvalue weighted by Crippen LogP contribution is -2.39. The number of carbonyl (C=O) groups is 1. The van der Waals surface area contributed by atoms with Crippen LogP contribution in [-0.2, 0) is 12.1 Å². The van der Waals surface area contributed by atoms with Crippen LogP contribution in [0.4, 0.5) is 0 Å². The van der Waals surface area contributed by atoms with E-state index in [2.05, 4.69) is 76.0 Å². The predicted octanol–water partition coefficient (Wildman–Crippen LogP) is 8.32. The zero-order valence-electron chi connectivity index (χ0n) is 27.8. The summed E-state index contributed by atoms with van der Waals surface area (Å²) in [6.07, 6.45) is 0. The van der Waals surface area contributed by atoms with Gasteiger partial charge in [0.1, 0.15) is 15.9 Å². The van der Waals surface area contributed by atoms with Crippen molar-refractivity contribution < 1.29 is 14.6 Å². The number of ether oxygens (including phenoxy) is 1. The minimum absolute atomic E-state index is 0.249. The van der Waals surface area contributed by atoms with Gasteiger partial charge in [-0.25, -0.2) is 9.48 Å². The number of hydrogen-bond acceptors (Lipinski definition) is 7. The molecule has 10 heteroatoms. The van der Waals surface area contributed by atoms with E-state index in [1.807, 2.05) is 95.0 Å². The van der Waals surface area contributed by atoms with Crippen molar-refractivity contribution in [3.05, 3.63) is 172 Å². The molecule has 0 aliphatic rings. The quantitative estimate of drug-likeness (QED) is 0.144. The normalized spacial score (nSPS) is 11.6. The van der Waals surface area contributed by atoms with Crippen molar-refractivity contribution in [1.82, 2.24) is 29.8 Å². The SMILES string of the molecule is COc1nc2c(C)sc(C(=O)O)c2n1Cc1ccc(-c2ccccc2-c2nnnn2C(c2ccccc2)(c2ccccc2)c2ccccc2)cc1. The van der Waals surface area contributed by atoms with Gasteiger partial charge in [-0.1, -0.05) is 140 Å². The number of imidazole rings is 1. The molecule has 5 aromatic carbocycles. The van der Waals surface area contributed by atoms with Crippen molar-refractivity contribution in [2.24, 2.45) is 0 Å². The number of carboxylic acids is 1. The minimum Gasteiger partial charge on any atom is -0.477 e. The highest BCUT2D eigenvalue weighted by Gasteiger charge is 2.42. The maximum absolute atomic E-state index is 12.1. The Balaban J connectivity index is 1.24. The average molecular weight is 689 g/mol. The highest BCUT2D eigenvalue weighted by atomic mass is 32.1. The van der Waals surface area contributed by atoms with E-state index in [1.54, 1.807) is 7.11 Å². The van der Waals surface area contributed by atoms with Crippen LogP contribution in [0, 0.1) is 6.92 Å². The van der Waals surface area contributed by atoms with Gasteiger partial charge in [0.05, 0.1) is 19.2 Å². The van der Waals surface area contributed by atoms with E-state index in [-0.39, 0.29) is 4.88 Å². The lowest BCUT2D eigenvalue weighted by atomic mass is 9.77. The second-order valence-electron chi connectivity index (χ2n) is 12.1. The van der Waals surface area contributed by atoms with Crippen LogP contribution < -0.4 is 4.74 Å². The number of fused-ring (bicyclic) bond motifs is 1. The second kappa shape index (κ2) is 13.1. The molecule has 8 rings (SSSR count). The summed E-state index contributed by atoms with van der Waals surface area (Å²) >= 11 is 1.23. The van der Waals surface area contributed by atoms with Crippen molar-refractivity contribution in [1.29, 1.82) is 0 Å². The minimum atomic E-state index is -0.980. The molecule has 0 fully saturated rings. The summed E-state index contributed by atoms with van der Waals surface area (Å²) in [5.74, 6) is -0.363. The number of nitrogens with zero attached hydrogens (tertiary/aromatic N) is 6. The van der Waals surface area contributed by atoms with Crippen LogP contribution in [0.2, 0.25) is 0 Å². The summed E-state index contributed by atoms with van der Waals surface area (Å²) in [7, 11) is 1.55. The van der Waals surface area contributed by atoms with Crippen LogP contribution in [0.1, 0.15) is 36.8 Å². The standard InChI is InChI=1S/C41H32N6O3S/c1-27-35-36(37(51-27)39(48)49)46(40(42-35)50-2)26-28-22-24-29(25-23-28)33-20-12-13-21-34(33)38-43-44-45-47(38)41(30-14-6-3-7-15-30,31-16-8-4-9-17-31)32-18-10-5-11-19-32/h3-25H,26H2,1-2H3,(H,48,49). The average Bonchev–Trinajstić information content (AvgIpc) is 3.90. The number of benzene rings is 5. The van der Waals surface area contributed by atoms with Crippen LogP contribution in [0.5, 0.6) is 6.01 Å². The number of aromatic carboxylic acids is 1.